The summed E-state index contributed by atoms with van der Waals surface area (Å²) in [5, 5.41) is 0. The van der Waals surface area contributed by atoms with Gasteiger partial charge in [-0.25, -0.2) is 9.78 Å². The van der Waals surface area contributed by atoms with Gasteiger partial charge in [-0.3, -0.25) is 18.7 Å². The van der Waals surface area contributed by atoms with Crippen LogP contribution in [0.3, 0.4) is 0 Å². The highest BCUT2D eigenvalue weighted by Crippen LogP contribution is 2.24. The van der Waals surface area contributed by atoms with E-state index in [4.69, 9.17) is 0 Å². The van der Waals surface area contributed by atoms with Crippen LogP contribution < -0.4 is 11.2 Å². The SMILES string of the molecule is Cc1cc(C(=O)Cn2cnc3c2c(=O)n(C)c(=O)n3C)c(C)n1-c1cccc(Br)c1. The molecule has 0 atom stereocenters. The van der Waals surface area contributed by atoms with E-state index in [1.165, 1.54) is 22.5 Å². The fourth-order valence-electron chi connectivity index (χ4n) is 3.81. The summed E-state index contributed by atoms with van der Waals surface area (Å²) in [5.41, 5.74) is 2.85. The highest BCUT2D eigenvalue weighted by molar-refractivity contribution is 9.10. The lowest BCUT2D eigenvalue weighted by Gasteiger charge is -2.10. The van der Waals surface area contributed by atoms with E-state index in [9.17, 15) is 14.4 Å². The topological polar surface area (TPSA) is 83.8 Å². The molecular weight excluding hydrogens is 450 g/mol. The Bertz CT molecular complexity index is 1440. The molecular formula is C21H20BrN5O3. The Balaban J connectivity index is 1.77. The van der Waals surface area contributed by atoms with Crippen molar-refractivity contribution in [3.05, 3.63) is 78.9 Å². The predicted octanol–water partition coefficient (Wildman–Crippen LogP) is 2.49. The number of aryl methyl sites for hydroxylation is 2. The first-order valence-electron chi connectivity index (χ1n) is 9.29. The average Bonchev–Trinajstić information content (AvgIpc) is 3.25. The van der Waals surface area contributed by atoms with Gasteiger partial charge in [0.05, 0.1) is 12.9 Å². The van der Waals surface area contributed by atoms with Crippen LogP contribution in [0.5, 0.6) is 0 Å². The van der Waals surface area contributed by atoms with Crippen LogP contribution in [-0.4, -0.2) is 29.0 Å². The van der Waals surface area contributed by atoms with Gasteiger partial charge in [-0.2, -0.15) is 0 Å². The number of hydrogen-bond donors (Lipinski definition) is 0. The van der Waals surface area contributed by atoms with Crippen LogP contribution in [-0.2, 0) is 20.6 Å². The molecule has 0 saturated carbocycles. The molecule has 0 aliphatic heterocycles. The largest absolute Gasteiger partial charge is 0.332 e. The third-order valence-electron chi connectivity index (χ3n) is 5.33. The number of Topliss-reactive ketones (excluding diaryl/α,β-unsaturated/α-hetero) is 1. The van der Waals surface area contributed by atoms with Crippen LogP contribution in [0.15, 0.2) is 50.7 Å². The third-order valence-corrected chi connectivity index (χ3v) is 5.82. The van der Waals surface area contributed by atoms with Gasteiger partial charge in [0.25, 0.3) is 5.56 Å². The highest BCUT2D eigenvalue weighted by atomic mass is 79.9. The van der Waals surface area contributed by atoms with Crippen molar-refractivity contribution in [3.63, 3.8) is 0 Å². The van der Waals surface area contributed by atoms with Crippen LogP contribution in [0.25, 0.3) is 16.9 Å². The molecule has 1 aromatic carbocycles. The van der Waals surface area contributed by atoms with Gasteiger partial charge in [-0.15, -0.1) is 0 Å². The quantitative estimate of drug-likeness (QED) is 0.429. The first-order valence-corrected chi connectivity index (χ1v) is 10.1. The number of aromatic nitrogens is 5. The second-order valence-electron chi connectivity index (χ2n) is 7.27. The third kappa shape index (κ3) is 3.06. The van der Waals surface area contributed by atoms with E-state index in [-0.39, 0.29) is 23.5 Å². The molecule has 4 rings (SSSR count). The summed E-state index contributed by atoms with van der Waals surface area (Å²) in [6.07, 6.45) is 1.43. The standard InChI is InChI=1S/C21H20BrN5O3/c1-12-8-16(13(2)27(12)15-7-5-6-14(22)9-15)17(28)10-26-11-23-19-18(26)20(29)25(4)21(30)24(19)3/h5-9,11H,10H2,1-4H3. The Morgan fingerprint density at radius 2 is 1.83 bits per heavy atom. The maximum absolute atomic E-state index is 13.1. The lowest BCUT2D eigenvalue weighted by atomic mass is 10.1. The Labute approximate surface area is 180 Å². The number of benzene rings is 1. The van der Waals surface area contributed by atoms with Crippen LogP contribution in [0.4, 0.5) is 0 Å². The van der Waals surface area contributed by atoms with Crippen LogP contribution in [0, 0.1) is 13.8 Å². The van der Waals surface area contributed by atoms with Gasteiger partial charge in [-0.1, -0.05) is 22.0 Å². The normalized spacial score (nSPS) is 11.4. The van der Waals surface area contributed by atoms with E-state index in [1.54, 1.807) is 7.05 Å². The fourth-order valence-corrected chi connectivity index (χ4v) is 4.20. The zero-order chi connectivity index (χ0) is 21.7. The zero-order valence-corrected chi connectivity index (χ0v) is 18.6. The van der Waals surface area contributed by atoms with E-state index in [0.717, 1.165) is 26.1 Å². The van der Waals surface area contributed by atoms with E-state index in [2.05, 4.69) is 20.9 Å². The van der Waals surface area contributed by atoms with Gasteiger partial charge in [0.1, 0.15) is 0 Å². The average molecular weight is 470 g/mol. The van der Waals surface area contributed by atoms with E-state index >= 15 is 0 Å². The van der Waals surface area contributed by atoms with E-state index < -0.39 is 11.2 Å². The monoisotopic (exact) mass is 469 g/mol. The lowest BCUT2D eigenvalue weighted by molar-refractivity contribution is 0.0972. The second-order valence-corrected chi connectivity index (χ2v) is 8.19. The van der Waals surface area contributed by atoms with Gasteiger partial charge in [0.15, 0.2) is 16.9 Å². The van der Waals surface area contributed by atoms with Crippen LogP contribution >= 0.6 is 15.9 Å². The molecule has 4 aromatic rings. The lowest BCUT2D eigenvalue weighted by Crippen LogP contribution is -2.37. The zero-order valence-electron chi connectivity index (χ0n) is 17.0. The summed E-state index contributed by atoms with van der Waals surface area (Å²) in [5.74, 6) is -0.139. The number of carbonyl (C=O) groups excluding carboxylic acids is 1. The molecule has 3 heterocycles. The minimum atomic E-state index is -0.474. The minimum absolute atomic E-state index is 0.0489. The molecule has 9 heteroatoms. The van der Waals surface area contributed by atoms with Crippen molar-refractivity contribution in [2.75, 3.05) is 0 Å². The molecule has 0 saturated heterocycles. The minimum Gasteiger partial charge on any atom is -0.318 e. The Hall–Kier alpha value is -3.20. The number of rotatable bonds is 4. The first kappa shape index (κ1) is 20.1. The number of nitrogens with zero attached hydrogens (tertiary/aromatic N) is 5. The van der Waals surface area contributed by atoms with Crippen molar-refractivity contribution in [2.45, 2.75) is 20.4 Å². The molecule has 0 fully saturated rings. The second kappa shape index (κ2) is 7.24. The molecule has 0 spiro atoms. The summed E-state index contributed by atoms with van der Waals surface area (Å²) in [7, 11) is 2.96. The molecule has 8 nitrogen and oxygen atoms in total. The van der Waals surface area contributed by atoms with Gasteiger partial charge >= 0.3 is 5.69 Å². The molecule has 0 radical (unpaired) electrons. The smallest absolute Gasteiger partial charge is 0.318 e. The van der Waals surface area contributed by atoms with Crippen molar-refractivity contribution >= 4 is 32.9 Å². The maximum Gasteiger partial charge on any atom is 0.332 e. The number of halogens is 1. The molecule has 0 aliphatic carbocycles. The van der Waals surface area contributed by atoms with Gasteiger partial charge in [-0.05, 0) is 38.1 Å². The molecule has 0 N–H and O–H groups in total. The molecule has 0 bridgehead atoms. The number of ketones is 1. The fraction of sp³-hybridized carbons (Fsp3) is 0.238. The number of hydrogen-bond acceptors (Lipinski definition) is 4. The molecule has 30 heavy (non-hydrogen) atoms. The van der Waals surface area contributed by atoms with Crippen molar-refractivity contribution in [1.82, 2.24) is 23.3 Å². The van der Waals surface area contributed by atoms with Crippen molar-refractivity contribution < 1.29 is 4.79 Å². The first-order chi connectivity index (χ1) is 14.2. The Morgan fingerprint density at radius 3 is 2.53 bits per heavy atom. The maximum atomic E-state index is 13.1. The van der Waals surface area contributed by atoms with Gasteiger partial charge < -0.3 is 9.13 Å². The highest BCUT2D eigenvalue weighted by Gasteiger charge is 2.20. The summed E-state index contributed by atoms with van der Waals surface area (Å²) >= 11 is 3.48. The van der Waals surface area contributed by atoms with E-state index in [0.29, 0.717) is 5.56 Å². The Kier molecular flexibility index (Phi) is 4.85. The molecule has 0 unspecified atom stereocenters. The number of carbonyl (C=O) groups is 1. The summed E-state index contributed by atoms with van der Waals surface area (Å²) in [4.78, 5) is 42.0. The number of fused-ring (bicyclic) bond motifs is 1. The molecule has 0 amide bonds. The summed E-state index contributed by atoms with van der Waals surface area (Å²) < 4.78 is 6.80. The molecule has 3 aromatic heterocycles. The molecule has 154 valence electrons. The summed E-state index contributed by atoms with van der Waals surface area (Å²) in [6, 6.07) is 9.71. The van der Waals surface area contributed by atoms with E-state index in [1.807, 2.05) is 48.7 Å². The van der Waals surface area contributed by atoms with Crippen molar-refractivity contribution in [2.24, 2.45) is 14.1 Å². The van der Waals surface area contributed by atoms with Crippen molar-refractivity contribution in [3.8, 4) is 5.69 Å². The van der Waals surface area contributed by atoms with Crippen LogP contribution in [0.2, 0.25) is 0 Å². The number of imidazole rings is 1. The summed E-state index contributed by atoms with van der Waals surface area (Å²) in [6.45, 7) is 3.80. The van der Waals surface area contributed by atoms with Crippen LogP contribution in [0.1, 0.15) is 21.7 Å². The van der Waals surface area contributed by atoms with Gasteiger partial charge in [0, 0.05) is 41.2 Å². The molecule has 0 aliphatic rings. The Morgan fingerprint density at radius 1 is 1.10 bits per heavy atom. The predicted molar refractivity (Wildman–Crippen MR) is 117 cm³/mol. The van der Waals surface area contributed by atoms with Crippen molar-refractivity contribution in [1.29, 1.82) is 0 Å². The van der Waals surface area contributed by atoms with Gasteiger partial charge in [0.2, 0.25) is 0 Å².